The normalized spacial score (nSPS) is 30.6. The van der Waals surface area contributed by atoms with E-state index in [-0.39, 0.29) is 12.0 Å². The van der Waals surface area contributed by atoms with E-state index in [2.05, 4.69) is 5.32 Å². The highest BCUT2D eigenvalue weighted by molar-refractivity contribution is 5.73. The van der Waals surface area contributed by atoms with Crippen molar-refractivity contribution in [2.24, 2.45) is 5.73 Å². The maximum Gasteiger partial charge on any atom is 0.408 e. The van der Waals surface area contributed by atoms with E-state index in [4.69, 9.17) is 15.6 Å². The van der Waals surface area contributed by atoms with Crippen LogP contribution >= 0.6 is 0 Å². The van der Waals surface area contributed by atoms with E-state index in [0.29, 0.717) is 25.7 Å². The van der Waals surface area contributed by atoms with Crippen LogP contribution in [-0.2, 0) is 9.53 Å². The van der Waals surface area contributed by atoms with Crippen LogP contribution in [0, 0.1) is 0 Å². The number of carboxylic acid groups (broad SMARTS) is 1. The first-order valence-corrected chi connectivity index (χ1v) is 6.95. The zero-order valence-electron chi connectivity index (χ0n) is 12.8. The maximum atomic E-state index is 11.9. The third-order valence-electron chi connectivity index (χ3n) is 3.61. The number of nitrogens with two attached hydrogens (primary N) is 1. The summed E-state index contributed by atoms with van der Waals surface area (Å²) in [7, 11) is 0. The highest BCUT2D eigenvalue weighted by Gasteiger charge is 2.42. The van der Waals surface area contributed by atoms with Gasteiger partial charge in [-0.3, -0.25) is 4.79 Å². The van der Waals surface area contributed by atoms with Gasteiger partial charge in [-0.25, -0.2) is 4.79 Å². The van der Waals surface area contributed by atoms with Gasteiger partial charge in [0.15, 0.2) is 0 Å². The molecule has 1 fully saturated rings. The van der Waals surface area contributed by atoms with E-state index in [1.54, 1.807) is 20.8 Å². The van der Waals surface area contributed by atoms with Gasteiger partial charge in [0.25, 0.3) is 0 Å². The van der Waals surface area contributed by atoms with Crippen molar-refractivity contribution in [3.8, 4) is 0 Å². The molecule has 0 unspecified atom stereocenters. The molecule has 1 aliphatic carbocycles. The van der Waals surface area contributed by atoms with E-state index >= 15 is 0 Å². The van der Waals surface area contributed by atoms with Gasteiger partial charge >= 0.3 is 12.1 Å². The van der Waals surface area contributed by atoms with E-state index in [0.717, 1.165) is 0 Å². The molecule has 0 spiro atoms. The van der Waals surface area contributed by atoms with Crippen LogP contribution in [0.15, 0.2) is 0 Å². The van der Waals surface area contributed by atoms with Crippen LogP contribution in [0.4, 0.5) is 4.79 Å². The number of alkyl carbamates (subject to hydrolysis) is 1. The van der Waals surface area contributed by atoms with Crippen molar-refractivity contribution in [1.82, 2.24) is 5.32 Å². The van der Waals surface area contributed by atoms with Crippen LogP contribution in [0.1, 0.15) is 59.8 Å². The van der Waals surface area contributed by atoms with Gasteiger partial charge in [-0.15, -0.1) is 0 Å². The molecule has 0 bridgehead atoms. The van der Waals surface area contributed by atoms with Crippen molar-refractivity contribution in [2.75, 3.05) is 0 Å². The van der Waals surface area contributed by atoms with Gasteiger partial charge in [0.05, 0.1) is 12.0 Å². The lowest BCUT2D eigenvalue weighted by molar-refractivity contribution is -0.139. The van der Waals surface area contributed by atoms with Gasteiger partial charge in [0.2, 0.25) is 0 Å². The average molecular weight is 286 g/mol. The largest absolute Gasteiger partial charge is 0.481 e. The lowest BCUT2D eigenvalue weighted by atomic mass is 9.72. The number of carbonyl (C=O) groups excluding carboxylic acids is 1. The fourth-order valence-corrected chi connectivity index (χ4v) is 2.46. The molecular formula is C14H26N2O4. The SMILES string of the molecule is CC1(N)CCC(CC(=O)O)(NC(=O)OC(C)(C)C)CC1. The Bertz CT molecular complexity index is 375. The molecule has 0 atom stereocenters. The predicted octanol–water partition coefficient (Wildman–Crippen LogP) is 2.02. The monoisotopic (exact) mass is 286 g/mol. The van der Waals surface area contributed by atoms with Crippen molar-refractivity contribution < 1.29 is 19.4 Å². The molecule has 1 amide bonds. The Kier molecular flexibility index (Phi) is 4.69. The van der Waals surface area contributed by atoms with E-state index < -0.39 is 23.2 Å². The number of rotatable bonds is 3. The lowest BCUT2D eigenvalue weighted by Crippen LogP contribution is -2.56. The summed E-state index contributed by atoms with van der Waals surface area (Å²) in [6.07, 6.45) is 1.77. The molecule has 20 heavy (non-hydrogen) atoms. The fraction of sp³-hybridized carbons (Fsp3) is 0.857. The summed E-state index contributed by atoms with van der Waals surface area (Å²) in [5.74, 6) is -0.929. The number of ether oxygens (including phenoxy) is 1. The van der Waals surface area contributed by atoms with Gasteiger partial charge in [0.1, 0.15) is 5.60 Å². The Hall–Kier alpha value is -1.30. The number of nitrogens with one attached hydrogen (secondary N) is 1. The summed E-state index contributed by atoms with van der Waals surface area (Å²) in [5, 5.41) is 11.8. The summed E-state index contributed by atoms with van der Waals surface area (Å²) in [6.45, 7) is 7.27. The van der Waals surface area contributed by atoms with Crippen LogP contribution in [0.2, 0.25) is 0 Å². The van der Waals surface area contributed by atoms with Crippen molar-refractivity contribution in [2.45, 2.75) is 76.5 Å². The minimum atomic E-state index is -0.929. The standard InChI is InChI=1S/C14H26N2O4/c1-12(2,3)20-11(19)16-14(9-10(17)18)7-5-13(4,15)6-8-14/h5-9,15H2,1-4H3,(H,16,19)(H,17,18). The Labute approximate surface area is 120 Å². The van der Waals surface area contributed by atoms with Crippen LogP contribution in [-0.4, -0.2) is 33.8 Å². The van der Waals surface area contributed by atoms with Crippen molar-refractivity contribution >= 4 is 12.1 Å². The second-order valence-electron chi connectivity index (χ2n) is 7.13. The van der Waals surface area contributed by atoms with Crippen molar-refractivity contribution in [3.05, 3.63) is 0 Å². The van der Waals surface area contributed by atoms with Crippen molar-refractivity contribution in [1.29, 1.82) is 0 Å². The number of carbonyl (C=O) groups is 2. The average Bonchev–Trinajstić information content (AvgIpc) is 2.19. The minimum absolute atomic E-state index is 0.109. The second kappa shape index (κ2) is 5.60. The van der Waals surface area contributed by atoms with Crippen LogP contribution in [0.5, 0.6) is 0 Å². The second-order valence-corrected chi connectivity index (χ2v) is 7.13. The van der Waals surface area contributed by atoms with E-state index in [9.17, 15) is 9.59 Å². The Morgan fingerprint density at radius 2 is 1.75 bits per heavy atom. The molecule has 0 heterocycles. The Morgan fingerprint density at radius 1 is 1.25 bits per heavy atom. The number of carboxylic acids is 1. The molecule has 116 valence electrons. The van der Waals surface area contributed by atoms with Gasteiger partial charge < -0.3 is 20.9 Å². The van der Waals surface area contributed by atoms with Crippen molar-refractivity contribution in [3.63, 3.8) is 0 Å². The van der Waals surface area contributed by atoms with Gasteiger partial charge in [0, 0.05) is 5.54 Å². The smallest absolute Gasteiger partial charge is 0.408 e. The first kappa shape index (κ1) is 16.8. The zero-order valence-corrected chi connectivity index (χ0v) is 12.8. The molecule has 0 saturated heterocycles. The van der Waals surface area contributed by atoms with E-state index in [1.807, 2.05) is 6.92 Å². The molecule has 1 rings (SSSR count). The molecule has 1 aliphatic rings. The highest BCUT2D eigenvalue weighted by atomic mass is 16.6. The number of hydrogen-bond donors (Lipinski definition) is 3. The summed E-state index contributed by atoms with van der Waals surface area (Å²) < 4.78 is 5.22. The molecule has 1 saturated carbocycles. The van der Waals surface area contributed by atoms with Gasteiger partial charge in [-0.05, 0) is 53.4 Å². The Morgan fingerprint density at radius 3 is 2.15 bits per heavy atom. The third-order valence-corrected chi connectivity index (χ3v) is 3.61. The predicted molar refractivity (Wildman–Crippen MR) is 75.4 cm³/mol. The first-order valence-electron chi connectivity index (χ1n) is 6.95. The highest BCUT2D eigenvalue weighted by Crippen LogP contribution is 2.35. The zero-order chi connectivity index (χ0) is 15.6. The summed E-state index contributed by atoms with van der Waals surface area (Å²) in [6, 6.07) is 0. The molecule has 6 nitrogen and oxygen atoms in total. The lowest BCUT2D eigenvalue weighted by Gasteiger charge is -2.43. The van der Waals surface area contributed by atoms with Crippen LogP contribution in [0.3, 0.4) is 0 Å². The van der Waals surface area contributed by atoms with E-state index in [1.165, 1.54) is 0 Å². The number of hydrogen-bond acceptors (Lipinski definition) is 4. The van der Waals surface area contributed by atoms with Gasteiger partial charge in [-0.2, -0.15) is 0 Å². The third kappa shape index (κ3) is 5.36. The summed E-state index contributed by atoms with van der Waals surface area (Å²) in [5.41, 5.74) is 4.41. The maximum absolute atomic E-state index is 11.9. The molecule has 0 aromatic rings. The van der Waals surface area contributed by atoms with Crippen LogP contribution < -0.4 is 11.1 Å². The van der Waals surface area contributed by atoms with Gasteiger partial charge in [-0.1, -0.05) is 0 Å². The topological polar surface area (TPSA) is 102 Å². The number of amides is 1. The Balaban J connectivity index is 2.75. The first-order chi connectivity index (χ1) is 8.93. The molecule has 0 aromatic carbocycles. The molecule has 6 heteroatoms. The number of aliphatic carboxylic acids is 1. The fourth-order valence-electron chi connectivity index (χ4n) is 2.46. The minimum Gasteiger partial charge on any atom is -0.481 e. The summed E-state index contributed by atoms with van der Waals surface area (Å²) >= 11 is 0. The van der Waals surface area contributed by atoms with Crippen LogP contribution in [0.25, 0.3) is 0 Å². The molecule has 0 radical (unpaired) electrons. The molecule has 4 N–H and O–H groups in total. The molecular weight excluding hydrogens is 260 g/mol. The molecule has 0 aromatic heterocycles. The summed E-state index contributed by atoms with van der Waals surface area (Å²) in [4.78, 5) is 23.0. The quantitative estimate of drug-likeness (QED) is 0.736. The molecule has 0 aliphatic heterocycles.